The molecule has 0 aliphatic rings. The number of rotatable bonds is 11. The fraction of sp³-hybridized carbons (Fsp3) is 0.257. The summed E-state index contributed by atoms with van der Waals surface area (Å²) in [5, 5.41) is 4.02. The van der Waals surface area contributed by atoms with Crippen molar-refractivity contribution in [2.24, 2.45) is 0 Å². The predicted octanol–water partition coefficient (Wildman–Crippen LogP) is 7.71. The monoisotopic (exact) mass is 699 g/mol. The third-order valence-corrected chi connectivity index (χ3v) is 9.86. The number of benzene rings is 4. The van der Waals surface area contributed by atoms with Gasteiger partial charge in [-0.25, -0.2) is 8.42 Å². The molecule has 242 valence electrons. The van der Waals surface area contributed by atoms with Gasteiger partial charge in [0.25, 0.3) is 10.0 Å². The predicted molar refractivity (Wildman–Crippen MR) is 186 cm³/mol. The van der Waals surface area contributed by atoms with Crippen LogP contribution in [-0.4, -0.2) is 43.3 Å². The number of hydrogen-bond acceptors (Lipinski definition) is 4. The van der Waals surface area contributed by atoms with Crippen molar-refractivity contribution in [3.8, 4) is 0 Å². The molecule has 0 saturated carbocycles. The van der Waals surface area contributed by atoms with Crippen LogP contribution in [-0.2, 0) is 32.6 Å². The Balaban J connectivity index is 1.83. The zero-order valence-corrected chi connectivity index (χ0v) is 29.1. The van der Waals surface area contributed by atoms with Gasteiger partial charge < -0.3 is 10.2 Å². The van der Waals surface area contributed by atoms with Crippen LogP contribution in [0, 0.1) is 6.92 Å². The summed E-state index contributed by atoms with van der Waals surface area (Å²) in [5.74, 6) is -0.970. The van der Waals surface area contributed by atoms with Gasteiger partial charge in [-0.15, -0.1) is 0 Å². The summed E-state index contributed by atoms with van der Waals surface area (Å²) in [7, 11) is -4.25. The van der Waals surface area contributed by atoms with Crippen LogP contribution >= 0.6 is 34.8 Å². The Kier molecular flexibility index (Phi) is 11.4. The third kappa shape index (κ3) is 9.26. The number of hydrogen-bond donors (Lipinski definition) is 1. The van der Waals surface area contributed by atoms with E-state index in [4.69, 9.17) is 34.8 Å². The highest BCUT2D eigenvalue weighted by Crippen LogP contribution is 2.28. The highest BCUT2D eigenvalue weighted by atomic mass is 35.5. The fourth-order valence-corrected chi connectivity index (χ4v) is 6.74. The summed E-state index contributed by atoms with van der Waals surface area (Å²) >= 11 is 18.6. The van der Waals surface area contributed by atoms with E-state index >= 15 is 0 Å². The van der Waals surface area contributed by atoms with Gasteiger partial charge in [0.1, 0.15) is 12.6 Å². The minimum Gasteiger partial charge on any atom is -0.350 e. The smallest absolute Gasteiger partial charge is 0.264 e. The molecule has 7 nitrogen and oxygen atoms in total. The van der Waals surface area contributed by atoms with Crippen molar-refractivity contribution < 1.29 is 18.0 Å². The second-order valence-corrected chi connectivity index (χ2v) is 15.1. The SMILES string of the molecule is Cc1cccc(N(CC(=O)N(Cc2ccc(Cl)c(Cl)c2)[C@@H](Cc2ccccc2)C(=O)NC(C)(C)C)S(=O)(=O)c2ccc(Cl)cc2)c1. The van der Waals surface area contributed by atoms with Crippen molar-refractivity contribution in [2.75, 3.05) is 10.8 Å². The number of sulfonamides is 1. The van der Waals surface area contributed by atoms with E-state index in [9.17, 15) is 18.0 Å². The number of amides is 2. The van der Waals surface area contributed by atoms with E-state index in [-0.39, 0.29) is 28.8 Å². The summed E-state index contributed by atoms with van der Waals surface area (Å²) in [6, 6.07) is 25.9. The highest BCUT2D eigenvalue weighted by molar-refractivity contribution is 7.92. The van der Waals surface area contributed by atoms with Crippen LogP contribution in [0.15, 0.2) is 102 Å². The van der Waals surface area contributed by atoms with Crippen LogP contribution in [0.2, 0.25) is 15.1 Å². The van der Waals surface area contributed by atoms with Gasteiger partial charge >= 0.3 is 0 Å². The van der Waals surface area contributed by atoms with Crippen molar-refractivity contribution >= 4 is 62.3 Å². The molecule has 0 bridgehead atoms. The van der Waals surface area contributed by atoms with Crippen LogP contribution in [0.4, 0.5) is 5.69 Å². The van der Waals surface area contributed by atoms with Crippen molar-refractivity contribution in [1.29, 1.82) is 0 Å². The van der Waals surface area contributed by atoms with Crippen molar-refractivity contribution in [3.05, 3.63) is 129 Å². The second kappa shape index (κ2) is 14.9. The summed E-state index contributed by atoms with van der Waals surface area (Å²) < 4.78 is 29.3. The van der Waals surface area contributed by atoms with Gasteiger partial charge in [-0.3, -0.25) is 13.9 Å². The molecule has 46 heavy (non-hydrogen) atoms. The molecule has 0 radical (unpaired) electrons. The zero-order valence-electron chi connectivity index (χ0n) is 26.0. The lowest BCUT2D eigenvalue weighted by Crippen LogP contribution is -2.56. The third-order valence-electron chi connectivity index (χ3n) is 7.08. The number of nitrogens with one attached hydrogen (secondary N) is 1. The molecular formula is C35H36Cl3N3O4S. The first-order valence-corrected chi connectivity index (χ1v) is 17.2. The maximum Gasteiger partial charge on any atom is 0.264 e. The molecule has 0 unspecified atom stereocenters. The first-order chi connectivity index (χ1) is 21.6. The first-order valence-electron chi connectivity index (χ1n) is 14.6. The molecule has 4 aromatic carbocycles. The number of halogens is 3. The lowest BCUT2D eigenvalue weighted by molar-refractivity contribution is -0.140. The van der Waals surface area contributed by atoms with Crippen LogP contribution < -0.4 is 9.62 Å². The molecule has 11 heteroatoms. The summed E-state index contributed by atoms with van der Waals surface area (Å²) in [6.45, 7) is 6.79. The quantitative estimate of drug-likeness (QED) is 0.174. The lowest BCUT2D eigenvalue weighted by Gasteiger charge is -2.35. The number of nitrogens with zero attached hydrogens (tertiary/aromatic N) is 2. The molecule has 4 aromatic rings. The maximum atomic E-state index is 14.6. The molecule has 2 amide bonds. The summed E-state index contributed by atoms with van der Waals surface area (Å²) in [6.07, 6.45) is 0.185. The maximum absolute atomic E-state index is 14.6. The van der Waals surface area contributed by atoms with Gasteiger partial charge in [-0.2, -0.15) is 0 Å². The van der Waals surface area contributed by atoms with Crippen LogP contribution in [0.3, 0.4) is 0 Å². The van der Waals surface area contributed by atoms with Crippen molar-refractivity contribution in [1.82, 2.24) is 10.2 Å². The lowest BCUT2D eigenvalue weighted by atomic mass is 10.0. The number of carbonyl (C=O) groups is 2. The molecule has 0 saturated heterocycles. The van der Waals surface area contributed by atoms with Crippen LogP contribution in [0.1, 0.15) is 37.5 Å². The Morgan fingerprint density at radius 3 is 2.09 bits per heavy atom. The molecule has 0 heterocycles. The molecule has 0 aliphatic carbocycles. The molecule has 0 fully saturated rings. The minimum atomic E-state index is -4.25. The first kappa shape index (κ1) is 35.3. The number of aryl methyl sites for hydroxylation is 1. The normalized spacial score (nSPS) is 12.3. The molecule has 1 atom stereocenters. The fourth-order valence-electron chi connectivity index (χ4n) is 4.89. The standard InChI is InChI=1S/C35H36Cl3N3O4S/c1-24-9-8-12-28(19-24)41(46(44,45)29-16-14-27(36)15-17-29)23-33(42)40(22-26-13-18-30(37)31(38)20-26)32(34(43)39-35(2,3)4)21-25-10-6-5-7-11-25/h5-20,32H,21-23H2,1-4H3,(H,39,43)/t32-/m0/s1. The summed E-state index contributed by atoms with van der Waals surface area (Å²) in [5.41, 5.74) is 1.95. The Bertz CT molecular complexity index is 1790. The van der Waals surface area contributed by atoms with Crippen LogP contribution in [0.25, 0.3) is 0 Å². The largest absolute Gasteiger partial charge is 0.350 e. The molecule has 0 spiro atoms. The van der Waals surface area contributed by atoms with Gasteiger partial charge in [-0.05, 0) is 92.9 Å². The van der Waals surface area contributed by atoms with Gasteiger partial charge in [0.2, 0.25) is 11.8 Å². The van der Waals surface area contributed by atoms with Gasteiger partial charge in [0.05, 0.1) is 20.6 Å². The highest BCUT2D eigenvalue weighted by Gasteiger charge is 2.35. The topological polar surface area (TPSA) is 86.8 Å². The Morgan fingerprint density at radius 2 is 1.48 bits per heavy atom. The Morgan fingerprint density at radius 1 is 0.804 bits per heavy atom. The average Bonchev–Trinajstić information content (AvgIpc) is 2.99. The van der Waals surface area contributed by atoms with E-state index in [2.05, 4.69) is 5.32 Å². The van der Waals surface area contributed by atoms with E-state index in [1.165, 1.54) is 29.2 Å². The average molecular weight is 701 g/mol. The Hall–Kier alpha value is -3.56. The molecule has 0 aromatic heterocycles. The van der Waals surface area contributed by atoms with Crippen LogP contribution in [0.5, 0.6) is 0 Å². The van der Waals surface area contributed by atoms with E-state index in [1.807, 2.05) is 64.1 Å². The van der Waals surface area contributed by atoms with Crippen molar-refractivity contribution in [3.63, 3.8) is 0 Å². The molecule has 0 aliphatic heterocycles. The molecule has 1 N–H and O–H groups in total. The zero-order chi connectivity index (χ0) is 33.6. The number of anilines is 1. The number of carbonyl (C=O) groups excluding carboxylic acids is 2. The minimum absolute atomic E-state index is 0.0337. The second-order valence-electron chi connectivity index (χ2n) is 12.0. The van der Waals surface area contributed by atoms with Crippen molar-refractivity contribution in [2.45, 2.75) is 57.1 Å². The van der Waals surface area contributed by atoms with E-state index < -0.39 is 34.1 Å². The van der Waals surface area contributed by atoms with Gasteiger partial charge in [-0.1, -0.05) is 83.3 Å². The molecule has 4 rings (SSSR count). The summed E-state index contributed by atoms with van der Waals surface area (Å²) in [4.78, 5) is 29.9. The van der Waals surface area contributed by atoms with Gasteiger partial charge in [0.15, 0.2) is 0 Å². The van der Waals surface area contributed by atoms with E-state index in [0.717, 1.165) is 15.4 Å². The van der Waals surface area contributed by atoms with E-state index in [1.54, 1.807) is 36.4 Å². The Labute approximate surface area is 286 Å². The van der Waals surface area contributed by atoms with Gasteiger partial charge in [0, 0.05) is 23.5 Å². The van der Waals surface area contributed by atoms with E-state index in [0.29, 0.717) is 21.3 Å². The molecular weight excluding hydrogens is 665 g/mol.